The van der Waals surface area contributed by atoms with Crippen LogP contribution in [0, 0.1) is 0 Å². The summed E-state index contributed by atoms with van der Waals surface area (Å²) in [6.45, 7) is 0.583. The normalized spacial score (nSPS) is 15.4. The average molecular weight is 391 g/mol. The second-order valence-corrected chi connectivity index (χ2v) is 6.87. The lowest BCUT2D eigenvalue weighted by atomic mass is 9.95. The highest BCUT2D eigenvalue weighted by molar-refractivity contribution is 6.05. The predicted octanol–water partition coefficient (Wildman–Crippen LogP) is 1.84. The molecule has 1 aliphatic heterocycles. The van der Waals surface area contributed by atoms with Gasteiger partial charge in [0.25, 0.3) is 5.91 Å². The zero-order valence-electron chi connectivity index (χ0n) is 15.9. The monoisotopic (exact) mass is 391 g/mol. The van der Waals surface area contributed by atoms with E-state index in [4.69, 9.17) is 10.5 Å². The highest BCUT2D eigenvalue weighted by Gasteiger charge is 2.25. The van der Waals surface area contributed by atoms with Crippen LogP contribution >= 0.6 is 0 Å². The van der Waals surface area contributed by atoms with Gasteiger partial charge in [-0.05, 0) is 47.4 Å². The third kappa shape index (κ3) is 3.83. The van der Waals surface area contributed by atoms with Crippen molar-refractivity contribution in [3.05, 3.63) is 65.5 Å². The molecule has 8 nitrogen and oxygen atoms in total. The largest absolute Gasteiger partial charge is 0.497 e. The maximum Gasteiger partial charge on any atom is 0.250 e. The van der Waals surface area contributed by atoms with E-state index in [1.54, 1.807) is 37.7 Å². The number of aromatic amines is 1. The molecule has 0 bridgehead atoms. The number of rotatable bonds is 5. The number of anilines is 1. The van der Waals surface area contributed by atoms with Gasteiger partial charge in [-0.1, -0.05) is 12.1 Å². The van der Waals surface area contributed by atoms with E-state index in [2.05, 4.69) is 20.8 Å². The molecule has 0 radical (unpaired) electrons. The number of methoxy groups -OCH3 is 1. The minimum absolute atomic E-state index is 0.225. The van der Waals surface area contributed by atoms with Crippen LogP contribution in [-0.4, -0.2) is 35.2 Å². The number of carbonyl (C=O) groups is 2. The van der Waals surface area contributed by atoms with Crippen molar-refractivity contribution in [1.82, 2.24) is 15.5 Å². The van der Waals surface area contributed by atoms with Crippen molar-refractivity contribution in [3.63, 3.8) is 0 Å². The number of H-pyrrole nitrogens is 1. The van der Waals surface area contributed by atoms with Crippen molar-refractivity contribution in [3.8, 4) is 16.9 Å². The molecular formula is C21H21N5O3. The van der Waals surface area contributed by atoms with Crippen molar-refractivity contribution in [2.45, 2.75) is 19.0 Å². The van der Waals surface area contributed by atoms with E-state index in [1.807, 2.05) is 18.2 Å². The first-order chi connectivity index (χ1) is 14.0. The summed E-state index contributed by atoms with van der Waals surface area (Å²) in [5.41, 5.74) is 9.97. The molecule has 1 unspecified atom stereocenters. The third-order valence-corrected chi connectivity index (χ3v) is 5.07. The van der Waals surface area contributed by atoms with Crippen LogP contribution in [0.4, 0.5) is 5.69 Å². The maximum atomic E-state index is 12.8. The van der Waals surface area contributed by atoms with Gasteiger partial charge in [0.1, 0.15) is 5.75 Å². The van der Waals surface area contributed by atoms with E-state index in [0.717, 1.165) is 28.0 Å². The van der Waals surface area contributed by atoms with Crippen LogP contribution in [-0.2, 0) is 17.8 Å². The molecule has 148 valence electrons. The van der Waals surface area contributed by atoms with Crippen LogP contribution in [0.15, 0.2) is 48.8 Å². The van der Waals surface area contributed by atoms with Crippen molar-refractivity contribution in [1.29, 1.82) is 0 Å². The standard InChI is InChI=1S/C21H21N5O3/c1-29-16-4-2-13-9-23-19(8-14(13)6-16)21(28)26-18-5-3-12(7-17(18)20(22)27)15-10-24-25-11-15/h2-7,10-11,19,23H,8-9H2,1H3,(H2,22,27)(H,24,25)(H,26,28). The first-order valence-electron chi connectivity index (χ1n) is 9.18. The van der Waals surface area contributed by atoms with Gasteiger partial charge in [-0.25, -0.2) is 0 Å². The highest BCUT2D eigenvalue weighted by Crippen LogP contribution is 2.26. The molecule has 2 amide bonds. The first kappa shape index (κ1) is 18.7. The lowest BCUT2D eigenvalue weighted by molar-refractivity contribution is -0.118. The quantitative estimate of drug-likeness (QED) is 0.529. The van der Waals surface area contributed by atoms with Gasteiger partial charge in [-0.3, -0.25) is 14.7 Å². The van der Waals surface area contributed by atoms with Gasteiger partial charge < -0.3 is 21.1 Å². The van der Waals surface area contributed by atoms with Crippen LogP contribution in [0.2, 0.25) is 0 Å². The van der Waals surface area contributed by atoms with Gasteiger partial charge in [-0.15, -0.1) is 0 Å². The van der Waals surface area contributed by atoms with Crippen LogP contribution in [0.5, 0.6) is 5.75 Å². The molecule has 0 fully saturated rings. The molecule has 0 saturated carbocycles. The number of nitrogens with two attached hydrogens (primary N) is 1. The van der Waals surface area contributed by atoms with Crippen LogP contribution in [0.1, 0.15) is 21.5 Å². The Bertz CT molecular complexity index is 1060. The fourth-order valence-electron chi connectivity index (χ4n) is 3.47. The van der Waals surface area contributed by atoms with Gasteiger partial charge in [0.15, 0.2) is 0 Å². The number of aromatic nitrogens is 2. The number of nitrogens with zero attached hydrogens (tertiary/aromatic N) is 1. The summed E-state index contributed by atoms with van der Waals surface area (Å²) in [6.07, 6.45) is 3.89. The molecule has 1 aliphatic rings. The molecular weight excluding hydrogens is 370 g/mol. The summed E-state index contributed by atoms with van der Waals surface area (Å²) in [4.78, 5) is 24.8. The average Bonchev–Trinajstić information content (AvgIpc) is 3.28. The lowest BCUT2D eigenvalue weighted by Gasteiger charge is -2.26. The van der Waals surface area contributed by atoms with Gasteiger partial charge in [-0.2, -0.15) is 5.10 Å². The summed E-state index contributed by atoms with van der Waals surface area (Å²) in [5.74, 6) is -0.0787. The minimum Gasteiger partial charge on any atom is -0.497 e. The SMILES string of the molecule is COc1ccc2c(c1)CC(C(=O)Nc1ccc(-c3cn[nH]c3)cc1C(N)=O)NC2. The number of benzene rings is 2. The number of fused-ring (bicyclic) bond motifs is 1. The fraction of sp³-hybridized carbons (Fsp3) is 0.190. The van der Waals surface area contributed by atoms with E-state index in [1.165, 1.54) is 0 Å². The summed E-state index contributed by atoms with van der Waals surface area (Å²) in [5, 5.41) is 12.7. The molecule has 2 heterocycles. The van der Waals surface area contributed by atoms with Crippen LogP contribution < -0.4 is 21.1 Å². The molecule has 0 aliphatic carbocycles. The fourth-order valence-corrected chi connectivity index (χ4v) is 3.47. The Morgan fingerprint density at radius 3 is 2.76 bits per heavy atom. The minimum atomic E-state index is -0.614. The Morgan fingerprint density at radius 1 is 1.17 bits per heavy atom. The number of primary amides is 1. The van der Waals surface area contributed by atoms with E-state index in [-0.39, 0.29) is 11.5 Å². The summed E-state index contributed by atoms with van der Waals surface area (Å²) in [7, 11) is 1.62. The summed E-state index contributed by atoms with van der Waals surface area (Å²) >= 11 is 0. The third-order valence-electron chi connectivity index (χ3n) is 5.07. The number of nitrogens with one attached hydrogen (secondary N) is 3. The molecule has 2 aromatic carbocycles. The van der Waals surface area contributed by atoms with E-state index >= 15 is 0 Å². The topological polar surface area (TPSA) is 122 Å². The lowest BCUT2D eigenvalue weighted by Crippen LogP contribution is -2.44. The van der Waals surface area contributed by atoms with Crippen molar-refractivity contribution in [2.24, 2.45) is 5.73 Å². The first-order valence-corrected chi connectivity index (χ1v) is 9.18. The molecule has 1 aromatic heterocycles. The van der Waals surface area contributed by atoms with Gasteiger partial charge in [0.2, 0.25) is 5.91 Å². The Balaban J connectivity index is 1.54. The predicted molar refractivity (Wildman–Crippen MR) is 108 cm³/mol. The van der Waals surface area contributed by atoms with Crippen LogP contribution in [0.25, 0.3) is 11.1 Å². The van der Waals surface area contributed by atoms with Crippen molar-refractivity contribution in [2.75, 3.05) is 12.4 Å². The smallest absolute Gasteiger partial charge is 0.250 e. The van der Waals surface area contributed by atoms with Gasteiger partial charge >= 0.3 is 0 Å². The molecule has 0 saturated heterocycles. The molecule has 29 heavy (non-hydrogen) atoms. The maximum absolute atomic E-state index is 12.8. The Kier molecular flexibility index (Phi) is 5.01. The Labute approximate surface area is 167 Å². The molecule has 3 aromatic rings. The van der Waals surface area contributed by atoms with Gasteiger partial charge in [0, 0.05) is 18.3 Å². The zero-order chi connectivity index (χ0) is 20.4. The highest BCUT2D eigenvalue weighted by atomic mass is 16.5. The van der Waals surface area contributed by atoms with Gasteiger partial charge in [0.05, 0.1) is 30.6 Å². The Hall–Kier alpha value is -3.65. The molecule has 0 spiro atoms. The second kappa shape index (κ2) is 7.76. The molecule has 1 atom stereocenters. The molecule has 5 N–H and O–H groups in total. The number of ether oxygens (including phenoxy) is 1. The van der Waals surface area contributed by atoms with Crippen LogP contribution in [0.3, 0.4) is 0 Å². The molecule has 8 heteroatoms. The zero-order valence-corrected chi connectivity index (χ0v) is 15.9. The summed E-state index contributed by atoms with van der Waals surface area (Å²) < 4.78 is 5.28. The molecule has 4 rings (SSSR count). The number of hydrogen-bond acceptors (Lipinski definition) is 5. The Morgan fingerprint density at radius 2 is 2.03 bits per heavy atom. The van der Waals surface area contributed by atoms with Crippen molar-refractivity contribution < 1.29 is 14.3 Å². The van der Waals surface area contributed by atoms with E-state index < -0.39 is 11.9 Å². The number of amides is 2. The van der Waals surface area contributed by atoms with Crippen molar-refractivity contribution >= 4 is 17.5 Å². The summed E-state index contributed by atoms with van der Waals surface area (Å²) in [6, 6.07) is 10.6. The number of carbonyl (C=O) groups excluding carboxylic acids is 2. The second-order valence-electron chi connectivity index (χ2n) is 6.87. The van der Waals surface area contributed by atoms with E-state index in [0.29, 0.717) is 18.7 Å². The number of hydrogen-bond donors (Lipinski definition) is 4. The van der Waals surface area contributed by atoms with E-state index in [9.17, 15) is 9.59 Å².